The van der Waals surface area contributed by atoms with Crippen LogP contribution in [-0.2, 0) is 9.59 Å². The Morgan fingerprint density at radius 1 is 1.10 bits per heavy atom. The first kappa shape index (κ1) is 22.4. The number of rotatable bonds is 5. The molecule has 1 N–H and O–H groups in total. The van der Waals surface area contributed by atoms with Crippen LogP contribution in [0.25, 0.3) is 0 Å². The monoisotopic (exact) mass is 441 g/mol. The number of amides is 2. The first-order valence-electron chi connectivity index (χ1n) is 9.66. The molecule has 2 aromatic rings. The van der Waals surface area contributed by atoms with Crippen molar-refractivity contribution in [3.8, 4) is 11.5 Å². The van der Waals surface area contributed by atoms with E-state index in [2.05, 4.69) is 10.4 Å². The number of nitrogens with zero attached hydrogens (tertiary/aromatic N) is 2. The number of carbonyl (C=O) groups excluding carboxylic acids is 3. The summed E-state index contributed by atoms with van der Waals surface area (Å²) in [6.45, 7) is 6.89. The summed E-state index contributed by atoms with van der Waals surface area (Å²) in [5.41, 5.74) is 2.18. The Morgan fingerprint density at radius 3 is 2.42 bits per heavy atom. The molecule has 1 atom stereocenters. The second-order valence-electron chi connectivity index (χ2n) is 6.81. The summed E-state index contributed by atoms with van der Waals surface area (Å²) in [6.07, 6.45) is 0. The lowest BCUT2D eigenvalue weighted by Crippen LogP contribution is -2.25. The molecule has 162 valence electrons. The molecule has 1 aliphatic rings. The molecular weight excluding hydrogens is 418 g/mol. The third-order valence-electron chi connectivity index (χ3n) is 4.29. The largest absolute Gasteiger partial charge is 0.490 e. The van der Waals surface area contributed by atoms with E-state index < -0.39 is 11.3 Å². The Labute approximate surface area is 184 Å². The number of esters is 1. The van der Waals surface area contributed by atoms with E-state index in [1.54, 1.807) is 30.3 Å². The van der Waals surface area contributed by atoms with Gasteiger partial charge in [0.15, 0.2) is 16.7 Å². The highest BCUT2D eigenvalue weighted by molar-refractivity contribution is 8.14. The van der Waals surface area contributed by atoms with Crippen molar-refractivity contribution < 1.29 is 23.9 Å². The van der Waals surface area contributed by atoms with Gasteiger partial charge in [0.25, 0.3) is 0 Å². The van der Waals surface area contributed by atoms with E-state index in [-0.39, 0.29) is 17.6 Å². The minimum absolute atomic E-state index is 0.273. The molecule has 1 aliphatic heterocycles. The fourth-order valence-electron chi connectivity index (χ4n) is 2.86. The Bertz CT molecular complexity index is 1040. The first-order chi connectivity index (χ1) is 14.8. The summed E-state index contributed by atoms with van der Waals surface area (Å²) >= 11 is 1.23. The lowest BCUT2D eigenvalue weighted by Gasteiger charge is -2.20. The molecule has 31 heavy (non-hydrogen) atoms. The minimum atomic E-state index is -0.495. The second kappa shape index (κ2) is 9.65. The quantitative estimate of drug-likeness (QED) is 0.562. The summed E-state index contributed by atoms with van der Waals surface area (Å²) < 4.78 is 11.2. The van der Waals surface area contributed by atoms with Crippen LogP contribution in [0.5, 0.6) is 11.5 Å². The highest BCUT2D eigenvalue weighted by Crippen LogP contribution is 2.41. The third-order valence-corrected chi connectivity index (χ3v) is 5.39. The highest BCUT2D eigenvalue weighted by atomic mass is 32.2. The fraction of sp³-hybridized carbons (Fsp3) is 0.273. The minimum Gasteiger partial charge on any atom is -0.490 e. The zero-order chi connectivity index (χ0) is 22.5. The Hall–Kier alpha value is -3.33. The van der Waals surface area contributed by atoms with E-state index in [1.165, 1.54) is 30.6 Å². The first-order valence-corrected chi connectivity index (χ1v) is 10.5. The molecule has 0 unspecified atom stereocenters. The van der Waals surface area contributed by atoms with Gasteiger partial charge in [-0.15, -0.1) is 5.10 Å². The maximum atomic E-state index is 12.5. The van der Waals surface area contributed by atoms with Crippen LogP contribution in [0.2, 0.25) is 0 Å². The van der Waals surface area contributed by atoms with Gasteiger partial charge in [0.05, 0.1) is 12.2 Å². The topological polar surface area (TPSA) is 97.3 Å². The van der Waals surface area contributed by atoms with Crippen LogP contribution >= 0.6 is 11.8 Å². The molecule has 1 heterocycles. The molecule has 3 rings (SSSR count). The van der Waals surface area contributed by atoms with Crippen molar-refractivity contribution in [3.63, 3.8) is 0 Å². The number of hydrogen-bond acceptors (Lipinski definition) is 7. The Kier molecular flexibility index (Phi) is 6.96. The normalized spacial score (nSPS) is 15.3. The van der Waals surface area contributed by atoms with Crippen molar-refractivity contribution in [2.75, 3.05) is 6.61 Å². The molecule has 0 spiro atoms. The highest BCUT2D eigenvalue weighted by Gasteiger charge is 2.33. The van der Waals surface area contributed by atoms with E-state index in [4.69, 9.17) is 9.47 Å². The third kappa shape index (κ3) is 5.43. The van der Waals surface area contributed by atoms with Crippen molar-refractivity contribution in [2.24, 2.45) is 5.10 Å². The van der Waals surface area contributed by atoms with Gasteiger partial charge in [0, 0.05) is 13.8 Å². The number of carbonyl (C=O) groups is 3. The van der Waals surface area contributed by atoms with Gasteiger partial charge in [-0.05, 0) is 43.7 Å². The van der Waals surface area contributed by atoms with E-state index >= 15 is 0 Å². The fourth-order valence-corrected chi connectivity index (χ4v) is 3.99. The molecule has 0 radical (unpaired) electrons. The van der Waals surface area contributed by atoms with E-state index in [9.17, 15) is 14.4 Å². The zero-order valence-corrected chi connectivity index (χ0v) is 18.5. The predicted molar refractivity (Wildman–Crippen MR) is 118 cm³/mol. The molecule has 9 heteroatoms. The molecule has 0 bridgehead atoms. The predicted octanol–water partition coefficient (Wildman–Crippen LogP) is 3.61. The number of amidine groups is 1. The molecular formula is C22H23N3O5S. The zero-order valence-electron chi connectivity index (χ0n) is 17.7. The van der Waals surface area contributed by atoms with Crippen LogP contribution in [0.15, 0.2) is 47.6 Å². The number of hydrazone groups is 1. The summed E-state index contributed by atoms with van der Waals surface area (Å²) in [5, 5.41) is 7.93. The Morgan fingerprint density at radius 2 is 1.81 bits per heavy atom. The molecule has 0 aromatic heterocycles. The van der Waals surface area contributed by atoms with Crippen molar-refractivity contribution in [1.29, 1.82) is 0 Å². The van der Waals surface area contributed by atoms with Crippen molar-refractivity contribution >= 4 is 34.7 Å². The number of ether oxygens (including phenoxy) is 2. The van der Waals surface area contributed by atoms with Crippen LogP contribution in [0, 0.1) is 6.92 Å². The van der Waals surface area contributed by atoms with E-state index in [0.29, 0.717) is 28.7 Å². The van der Waals surface area contributed by atoms with Crippen molar-refractivity contribution in [2.45, 2.75) is 33.1 Å². The van der Waals surface area contributed by atoms with Gasteiger partial charge in [0.2, 0.25) is 11.8 Å². The molecule has 0 saturated heterocycles. The van der Waals surface area contributed by atoms with Crippen LogP contribution in [0.3, 0.4) is 0 Å². The average Bonchev–Trinajstić information content (AvgIpc) is 3.13. The number of nitrogens with one attached hydrogen (secondary N) is 1. The van der Waals surface area contributed by atoms with Crippen LogP contribution in [0.1, 0.15) is 47.6 Å². The lowest BCUT2D eigenvalue weighted by molar-refractivity contribution is -0.129. The summed E-state index contributed by atoms with van der Waals surface area (Å²) in [4.78, 5) is 35.9. The van der Waals surface area contributed by atoms with Gasteiger partial charge in [-0.2, -0.15) is 0 Å². The molecule has 2 amide bonds. The summed E-state index contributed by atoms with van der Waals surface area (Å²) in [6, 6.07) is 12.1. The van der Waals surface area contributed by atoms with Gasteiger partial charge in [-0.3, -0.25) is 9.59 Å². The van der Waals surface area contributed by atoms with E-state index in [0.717, 1.165) is 5.56 Å². The van der Waals surface area contributed by atoms with Gasteiger partial charge < -0.3 is 14.8 Å². The van der Waals surface area contributed by atoms with Crippen LogP contribution in [0.4, 0.5) is 0 Å². The molecule has 0 aliphatic carbocycles. The lowest BCUT2D eigenvalue weighted by atomic mass is 10.1. The number of hydrogen-bond donors (Lipinski definition) is 1. The smallest absolute Gasteiger partial charge is 0.343 e. The van der Waals surface area contributed by atoms with Gasteiger partial charge in [-0.1, -0.05) is 35.5 Å². The van der Waals surface area contributed by atoms with Crippen molar-refractivity contribution in [1.82, 2.24) is 10.3 Å². The van der Waals surface area contributed by atoms with Gasteiger partial charge in [-0.25, -0.2) is 9.80 Å². The SMILES string of the molecule is CCOc1cc([C@@H]2SC(NC(C)=O)=NN2C(C)=O)ccc1OC(=O)c1ccc(C)cc1. The molecule has 8 nitrogen and oxygen atoms in total. The molecule has 0 fully saturated rings. The maximum absolute atomic E-state index is 12.5. The van der Waals surface area contributed by atoms with Gasteiger partial charge >= 0.3 is 5.97 Å². The standard InChI is InChI=1S/C22H23N3O5S/c1-5-29-19-12-17(20-25(15(4)27)24-22(31-20)23-14(3)26)10-11-18(19)30-21(28)16-8-6-13(2)7-9-16/h6-12,20H,5H2,1-4H3,(H,23,24,26)/t20-/m0/s1. The number of thioether (sulfide) groups is 1. The van der Waals surface area contributed by atoms with E-state index in [1.807, 2.05) is 26.0 Å². The van der Waals surface area contributed by atoms with Crippen LogP contribution < -0.4 is 14.8 Å². The summed E-state index contributed by atoms with van der Waals surface area (Å²) in [5.74, 6) is -0.394. The maximum Gasteiger partial charge on any atom is 0.343 e. The molecule has 0 saturated carbocycles. The number of aryl methyl sites for hydroxylation is 1. The van der Waals surface area contributed by atoms with Crippen molar-refractivity contribution in [3.05, 3.63) is 59.2 Å². The average molecular weight is 442 g/mol. The Balaban J connectivity index is 1.86. The van der Waals surface area contributed by atoms with Gasteiger partial charge in [0.1, 0.15) is 5.37 Å². The second-order valence-corrected chi connectivity index (χ2v) is 7.88. The number of benzene rings is 2. The molecule has 2 aromatic carbocycles. The summed E-state index contributed by atoms with van der Waals surface area (Å²) in [7, 11) is 0. The van der Waals surface area contributed by atoms with Crippen LogP contribution in [-0.4, -0.2) is 34.6 Å².